The molecular weight excluding hydrogens is 602 g/mol. The van der Waals surface area contributed by atoms with E-state index in [4.69, 9.17) is 27.4 Å². The molecular formula is C28H28Cl2F3N3O4S. The minimum absolute atomic E-state index is 0.108. The number of piperidine rings is 1. The van der Waals surface area contributed by atoms with Gasteiger partial charge in [0, 0.05) is 40.4 Å². The molecule has 7 nitrogen and oxygen atoms in total. The summed E-state index contributed by atoms with van der Waals surface area (Å²) in [6.07, 6.45) is -2.99. The Morgan fingerprint density at radius 1 is 1.05 bits per heavy atom. The van der Waals surface area contributed by atoms with Crippen LogP contribution in [0.25, 0.3) is 11.3 Å². The largest absolute Gasteiger partial charge is 0.390 e. The maximum Gasteiger partial charge on any atom is 0.390 e. The van der Waals surface area contributed by atoms with Gasteiger partial charge in [-0.25, -0.2) is 5.01 Å². The van der Waals surface area contributed by atoms with Crippen LogP contribution < -0.4 is 4.18 Å². The lowest BCUT2D eigenvalue weighted by Crippen LogP contribution is -2.52. The first-order chi connectivity index (χ1) is 19.3. The number of carbonyl (C=O) groups excluding carboxylic acids is 1. The number of aromatic nitrogens is 1. The highest BCUT2D eigenvalue weighted by Gasteiger charge is 2.40. The molecule has 3 aromatic rings. The van der Waals surface area contributed by atoms with Crippen molar-refractivity contribution >= 4 is 39.2 Å². The van der Waals surface area contributed by atoms with E-state index in [-0.39, 0.29) is 17.6 Å². The zero-order valence-corrected chi connectivity index (χ0v) is 24.4. The minimum Gasteiger partial charge on any atom is -0.382 e. The van der Waals surface area contributed by atoms with Crippen molar-refractivity contribution < 1.29 is 30.6 Å². The Kier molecular flexibility index (Phi) is 8.35. The highest BCUT2D eigenvalue weighted by Crippen LogP contribution is 2.42. The van der Waals surface area contributed by atoms with E-state index < -0.39 is 28.5 Å². The van der Waals surface area contributed by atoms with Gasteiger partial charge in [-0.3, -0.25) is 9.80 Å². The van der Waals surface area contributed by atoms with Gasteiger partial charge < -0.3 is 9.17 Å². The summed E-state index contributed by atoms with van der Waals surface area (Å²) in [5, 5.41) is 4.90. The van der Waals surface area contributed by atoms with Crippen LogP contribution in [0.15, 0.2) is 42.5 Å². The number of hydrazine groups is 1. The molecule has 2 aliphatic rings. The fraction of sp³-hybridized carbons (Fsp3) is 0.393. The van der Waals surface area contributed by atoms with Gasteiger partial charge in [-0.15, -0.1) is 0 Å². The normalized spacial score (nSPS) is 18.4. The first kappa shape index (κ1) is 29.8. The van der Waals surface area contributed by atoms with Gasteiger partial charge in [0.05, 0.1) is 24.3 Å². The molecule has 1 atom stereocenters. The summed E-state index contributed by atoms with van der Waals surface area (Å²) in [6, 6.07) is 11.2. The summed E-state index contributed by atoms with van der Waals surface area (Å²) < 4.78 is 66.3. The summed E-state index contributed by atoms with van der Waals surface area (Å²) >= 11 is 12.8. The van der Waals surface area contributed by atoms with E-state index in [1.807, 2.05) is 18.0 Å². The second kappa shape index (κ2) is 11.5. The summed E-state index contributed by atoms with van der Waals surface area (Å²) in [5.41, 5.74) is 4.11. The lowest BCUT2D eigenvalue weighted by molar-refractivity contribution is -0.130. The molecule has 1 aromatic heterocycles. The molecule has 41 heavy (non-hydrogen) atoms. The minimum atomic E-state index is -4.61. The molecule has 1 N–H and O–H groups in total. The maximum atomic E-state index is 13.9. The molecule has 5 rings (SSSR count). The highest BCUT2D eigenvalue weighted by atomic mass is 35.5. The van der Waals surface area contributed by atoms with Crippen molar-refractivity contribution in [3.63, 3.8) is 0 Å². The number of alkyl halides is 3. The number of amides is 1. The van der Waals surface area contributed by atoms with Crippen molar-refractivity contribution in [2.24, 2.45) is 0 Å². The van der Waals surface area contributed by atoms with E-state index in [0.717, 1.165) is 43.6 Å². The molecule has 0 radical (unpaired) electrons. The number of fused-ring (bicyclic) bond motifs is 1. The summed E-state index contributed by atoms with van der Waals surface area (Å²) in [6.45, 7) is 3.81. The first-order valence-electron chi connectivity index (χ1n) is 13.2. The molecule has 1 fully saturated rings. The number of rotatable bonds is 7. The van der Waals surface area contributed by atoms with Crippen LogP contribution in [-0.2, 0) is 10.1 Å². The number of hydrogen-bond acceptors (Lipinski definition) is 5. The van der Waals surface area contributed by atoms with E-state index in [9.17, 15) is 26.4 Å². The maximum absolute atomic E-state index is 13.9. The quantitative estimate of drug-likeness (QED) is 0.286. The molecule has 1 unspecified atom stereocenters. The Bertz CT molecular complexity index is 1550. The standard InChI is InChI=1S/C28H28Cl2F3N3O4S/c1-17-24-26(34-25(17)18-5-8-20(9-6-18)40-41(38,39)14-11-28(31,32)33)22(21-10-7-19(29)15-23(21)30)16-36(27(24)37)35-12-3-2-4-13-35/h5-10,15,22,34H,2-4,11-14,16H2,1H3. The van der Waals surface area contributed by atoms with Gasteiger partial charge in [-0.05, 0) is 72.9 Å². The lowest BCUT2D eigenvalue weighted by atomic mass is 9.88. The van der Waals surface area contributed by atoms with Crippen molar-refractivity contribution in [2.45, 2.75) is 44.7 Å². The lowest BCUT2D eigenvalue weighted by Gasteiger charge is -2.42. The highest BCUT2D eigenvalue weighted by molar-refractivity contribution is 7.87. The summed E-state index contributed by atoms with van der Waals surface area (Å²) in [7, 11) is -4.43. The third-order valence-corrected chi connectivity index (χ3v) is 9.16. The molecule has 2 aliphatic heterocycles. The number of hydrogen-bond donors (Lipinski definition) is 1. The number of carbonyl (C=O) groups is 1. The molecule has 0 saturated carbocycles. The second-order valence-electron chi connectivity index (χ2n) is 10.3. The average molecular weight is 631 g/mol. The van der Waals surface area contributed by atoms with E-state index >= 15 is 0 Å². The number of benzene rings is 2. The SMILES string of the molecule is Cc1c(-c2ccc(OS(=O)(=O)CCC(F)(F)F)cc2)[nH]c2c1C(=O)N(N1CCCCC1)CC2c1ccc(Cl)cc1Cl. The topological polar surface area (TPSA) is 82.7 Å². The van der Waals surface area contributed by atoms with Crippen molar-refractivity contribution in [1.29, 1.82) is 0 Å². The van der Waals surface area contributed by atoms with Gasteiger partial charge in [-0.1, -0.05) is 35.7 Å². The van der Waals surface area contributed by atoms with Crippen LogP contribution in [0.4, 0.5) is 13.2 Å². The third-order valence-electron chi connectivity index (χ3n) is 7.44. The number of H-pyrrole nitrogens is 1. The summed E-state index contributed by atoms with van der Waals surface area (Å²) in [4.78, 5) is 17.3. The Hall–Kier alpha value is -2.73. The van der Waals surface area contributed by atoms with Crippen LogP contribution in [-0.4, -0.2) is 60.9 Å². The molecule has 0 bridgehead atoms. The van der Waals surface area contributed by atoms with Crippen LogP contribution in [0.3, 0.4) is 0 Å². The van der Waals surface area contributed by atoms with Gasteiger partial charge in [0.1, 0.15) is 5.75 Å². The average Bonchev–Trinajstić information content (AvgIpc) is 3.26. The smallest absolute Gasteiger partial charge is 0.382 e. The Balaban J connectivity index is 1.49. The van der Waals surface area contributed by atoms with Crippen molar-refractivity contribution in [2.75, 3.05) is 25.4 Å². The van der Waals surface area contributed by atoms with Crippen molar-refractivity contribution in [1.82, 2.24) is 15.0 Å². The van der Waals surface area contributed by atoms with Gasteiger partial charge in [0.25, 0.3) is 5.91 Å². The Morgan fingerprint density at radius 2 is 1.73 bits per heavy atom. The molecule has 1 amide bonds. The number of aromatic amines is 1. The van der Waals surface area contributed by atoms with Gasteiger partial charge in [-0.2, -0.15) is 21.6 Å². The third kappa shape index (κ3) is 6.53. The molecule has 1 saturated heterocycles. The number of nitrogens with zero attached hydrogens (tertiary/aromatic N) is 2. The zero-order valence-electron chi connectivity index (χ0n) is 22.1. The predicted octanol–water partition coefficient (Wildman–Crippen LogP) is 6.95. The van der Waals surface area contributed by atoms with E-state index in [1.54, 1.807) is 24.3 Å². The molecule has 0 aliphatic carbocycles. The monoisotopic (exact) mass is 629 g/mol. The van der Waals surface area contributed by atoms with Crippen LogP contribution in [0.5, 0.6) is 5.75 Å². The van der Waals surface area contributed by atoms with E-state index in [0.29, 0.717) is 39.0 Å². The van der Waals surface area contributed by atoms with E-state index in [2.05, 4.69) is 9.99 Å². The molecule has 220 valence electrons. The molecule has 3 heterocycles. The predicted molar refractivity (Wildman–Crippen MR) is 151 cm³/mol. The van der Waals surface area contributed by atoms with Crippen molar-refractivity contribution in [3.05, 3.63) is 74.9 Å². The number of nitrogens with one attached hydrogen (secondary N) is 1. The Morgan fingerprint density at radius 3 is 2.37 bits per heavy atom. The first-order valence-corrected chi connectivity index (χ1v) is 15.5. The van der Waals surface area contributed by atoms with Gasteiger partial charge >= 0.3 is 16.3 Å². The number of halogens is 5. The van der Waals surface area contributed by atoms with Crippen LogP contribution >= 0.6 is 23.2 Å². The van der Waals surface area contributed by atoms with Gasteiger partial charge in [0.15, 0.2) is 0 Å². The fourth-order valence-electron chi connectivity index (χ4n) is 5.43. The van der Waals surface area contributed by atoms with Crippen LogP contribution in [0.1, 0.15) is 58.8 Å². The zero-order chi connectivity index (χ0) is 29.5. The molecule has 0 spiro atoms. The van der Waals surface area contributed by atoms with Gasteiger partial charge in [0.2, 0.25) is 0 Å². The summed E-state index contributed by atoms with van der Waals surface area (Å²) in [5.74, 6) is -1.66. The second-order valence-corrected chi connectivity index (χ2v) is 12.8. The Labute approximate surface area is 246 Å². The van der Waals surface area contributed by atoms with Crippen molar-refractivity contribution in [3.8, 4) is 17.0 Å². The van der Waals surface area contributed by atoms with Crippen LogP contribution in [0.2, 0.25) is 10.0 Å². The molecule has 2 aromatic carbocycles. The van der Waals surface area contributed by atoms with Crippen LogP contribution in [0, 0.1) is 6.92 Å². The molecule has 13 heteroatoms. The van der Waals surface area contributed by atoms with E-state index in [1.165, 1.54) is 12.1 Å². The fourth-order valence-corrected chi connectivity index (χ4v) is 6.94.